The van der Waals surface area contributed by atoms with Crippen LogP contribution in [-0.2, 0) is 10.2 Å². The van der Waals surface area contributed by atoms with Crippen molar-refractivity contribution in [2.75, 3.05) is 0 Å². The molecule has 0 saturated heterocycles. The van der Waals surface area contributed by atoms with Crippen molar-refractivity contribution in [3.63, 3.8) is 0 Å². The maximum Gasteiger partial charge on any atom is 0.230 e. The van der Waals surface area contributed by atoms with Gasteiger partial charge in [-0.1, -0.05) is 69.6 Å². The molecule has 26 heavy (non-hydrogen) atoms. The molecule has 0 bridgehead atoms. The van der Waals surface area contributed by atoms with E-state index in [4.69, 9.17) is 5.73 Å². The normalized spacial score (nSPS) is 16.8. The highest BCUT2D eigenvalue weighted by atomic mass is 32.2. The summed E-state index contributed by atoms with van der Waals surface area (Å²) >= 11 is 1.40. The first-order valence-electron chi connectivity index (χ1n) is 9.29. The molecule has 1 aliphatic carbocycles. The fourth-order valence-electron chi connectivity index (χ4n) is 3.38. The third-order valence-electron chi connectivity index (χ3n) is 5.05. The summed E-state index contributed by atoms with van der Waals surface area (Å²) in [5.74, 6) is 0.559. The molecule has 1 heterocycles. The Morgan fingerprint density at radius 2 is 1.81 bits per heavy atom. The molecule has 1 aromatic heterocycles. The number of nitrogens with two attached hydrogens (primary N) is 1. The summed E-state index contributed by atoms with van der Waals surface area (Å²) in [6, 6.07) is 8.98. The summed E-state index contributed by atoms with van der Waals surface area (Å²) in [7, 11) is 0. The smallest absolute Gasteiger partial charge is 0.230 e. The molecule has 1 amide bonds. The summed E-state index contributed by atoms with van der Waals surface area (Å²) in [5.41, 5.74) is 7.93. The molecule has 0 spiro atoms. The monoisotopic (exact) mass is 372 g/mol. The largest absolute Gasteiger partial charge is 0.369 e. The van der Waals surface area contributed by atoms with Crippen LogP contribution in [0, 0.1) is 0 Å². The Morgan fingerprint density at radius 1 is 1.19 bits per heavy atom. The second-order valence-electron chi connectivity index (χ2n) is 8.10. The van der Waals surface area contributed by atoms with Crippen molar-refractivity contribution in [3.8, 4) is 11.4 Å². The number of aromatic nitrogens is 3. The molecule has 1 aliphatic rings. The summed E-state index contributed by atoms with van der Waals surface area (Å²) in [6.45, 7) is 8.45. The fourth-order valence-corrected chi connectivity index (χ4v) is 4.25. The molecule has 140 valence electrons. The van der Waals surface area contributed by atoms with Crippen LogP contribution < -0.4 is 5.73 Å². The van der Waals surface area contributed by atoms with Gasteiger partial charge in [0.1, 0.15) is 0 Å². The van der Waals surface area contributed by atoms with E-state index < -0.39 is 0 Å². The fraction of sp³-hybridized carbons (Fsp3) is 0.550. The average molecular weight is 373 g/mol. The van der Waals surface area contributed by atoms with Crippen molar-refractivity contribution in [1.82, 2.24) is 14.8 Å². The minimum absolute atomic E-state index is 0.121. The number of thioether (sulfide) groups is 1. The van der Waals surface area contributed by atoms with E-state index in [-0.39, 0.29) is 16.6 Å². The maximum atomic E-state index is 11.5. The zero-order valence-corrected chi connectivity index (χ0v) is 16.8. The van der Waals surface area contributed by atoms with Gasteiger partial charge in [0.2, 0.25) is 5.91 Å². The van der Waals surface area contributed by atoms with Crippen LogP contribution >= 0.6 is 11.8 Å². The summed E-state index contributed by atoms with van der Waals surface area (Å²) in [5, 5.41) is 9.34. The van der Waals surface area contributed by atoms with Crippen molar-refractivity contribution in [2.45, 2.75) is 75.2 Å². The van der Waals surface area contributed by atoms with E-state index in [0.717, 1.165) is 29.4 Å². The van der Waals surface area contributed by atoms with Crippen LogP contribution in [-0.4, -0.2) is 25.9 Å². The maximum absolute atomic E-state index is 11.5. The van der Waals surface area contributed by atoms with Crippen molar-refractivity contribution in [3.05, 3.63) is 29.8 Å². The SMILES string of the molecule is C[C@@H](Sc1nnc(-c2ccc(C(C)(C)C)cc2)n1C1CCCC1)C(N)=O. The number of benzene rings is 1. The molecule has 0 unspecified atom stereocenters. The lowest BCUT2D eigenvalue weighted by Crippen LogP contribution is -2.23. The van der Waals surface area contributed by atoms with Gasteiger partial charge >= 0.3 is 0 Å². The van der Waals surface area contributed by atoms with Gasteiger partial charge in [0.25, 0.3) is 0 Å². The van der Waals surface area contributed by atoms with Crippen molar-refractivity contribution in [1.29, 1.82) is 0 Å². The number of carbonyl (C=O) groups is 1. The lowest BCUT2D eigenvalue weighted by atomic mass is 9.86. The van der Waals surface area contributed by atoms with E-state index in [9.17, 15) is 4.79 Å². The summed E-state index contributed by atoms with van der Waals surface area (Å²) < 4.78 is 2.23. The first kappa shape index (κ1) is 19.0. The second-order valence-corrected chi connectivity index (χ2v) is 9.41. The standard InChI is InChI=1S/C20H28N4OS/c1-13(17(21)25)26-19-23-22-18(24(19)16-7-5-6-8-16)14-9-11-15(12-10-14)20(2,3)4/h9-13,16H,5-8H2,1-4H3,(H2,21,25)/t13-/m1/s1. The lowest BCUT2D eigenvalue weighted by molar-refractivity contribution is -0.117. The third kappa shape index (κ3) is 3.95. The molecule has 6 heteroatoms. The van der Waals surface area contributed by atoms with Gasteiger partial charge in [0.15, 0.2) is 11.0 Å². The molecule has 3 rings (SSSR count). The number of hydrogen-bond donors (Lipinski definition) is 1. The molecule has 2 aromatic rings. The number of carbonyl (C=O) groups excluding carboxylic acids is 1. The van der Waals surface area contributed by atoms with Crippen molar-refractivity contribution >= 4 is 17.7 Å². The highest BCUT2D eigenvalue weighted by Gasteiger charge is 2.27. The summed E-state index contributed by atoms with van der Waals surface area (Å²) in [4.78, 5) is 11.5. The molecule has 1 aromatic carbocycles. The van der Waals surface area contributed by atoms with Crippen molar-refractivity contribution < 1.29 is 4.79 Å². The highest BCUT2D eigenvalue weighted by molar-refractivity contribution is 8.00. The third-order valence-corrected chi connectivity index (χ3v) is 6.12. The van der Waals surface area contributed by atoms with E-state index in [1.165, 1.54) is 30.2 Å². The predicted molar refractivity (Wildman–Crippen MR) is 106 cm³/mol. The zero-order chi connectivity index (χ0) is 18.9. The van der Waals surface area contributed by atoms with Crippen LogP contribution in [0.5, 0.6) is 0 Å². The Morgan fingerprint density at radius 3 is 2.35 bits per heavy atom. The number of rotatable bonds is 5. The van der Waals surface area contributed by atoms with Crippen LogP contribution in [0.15, 0.2) is 29.4 Å². The van der Waals surface area contributed by atoms with E-state index in [2.05, 4.69) is 59.8 Å². The molecule has 1 atom stereocenters. The Kier molecular flexibility index (Phi) is 5.42. The molecular formula is C20H28N4OS. The van der Waals surface area contributed by atoms with Gasteiger partial charge in [-0.2, -0.15) is 0 Å². The number of hydrogen-bond acceptors (Lipinski definition) is 4. The van der Waals surface area contributed by atoms with Crippen LogP contribution in [0.3, 0.4) is 0 Å². The Hall–Kier alpha value is -1.82. The van der Waals surface area contributed by atoms with E-state index >= 15 is 0 Å². The Balaban J connectivity index is 1.98. The van der Waals surface area contributed by atoms with E-state index in [1.54, 1.807) is 0 Å². The topological polar surface area (TPSA) is 73.8 Å². The average Bonchev–Trinajstić information content (AvgIpc) is 3.23. The Labute approximate surface area is 159 Å². The van der Waals surface area contributed by atoms with Crippen LogP contribution in [0.25, 0.3) is 11.4 Å². The number of primary amides is 1. The van der Waals surface area contributed by atoms with Crippen LogP contribution in [0.4, 0.5) is 0 Å². The summed E-state index contributed by atoms with van der Waals surface area (Å²) in [6.07, 6.45) is 4.70. The molecule has 1 fully saturated rings. The minimum Gasteiger partial charge on any atom is -0.369 e. The van der Waals surface area contributed by atoms with Gasteiger partial charge in [0.05, 0.1) is 5.25 Å². The molecule has 0 radical (unpaired) electrons. The van der Waals surface area contributed by atoms with Gasteiger partial charge in [-0.3, -0.25) is 9.36 Å². The molecule has 2 N–H and O–H groups in total. The van der Waals surface area contributed by atoms with Gasteiger partial charge in [0, 0.05) is 11.6 Å². The van der Waals surface area contributed by atoms with E-state index in [1.807, 2.05) is 6.92 Å². The zero-order valence-electron chi connectivity index (χ0n) is 16.0. The van der Waals surface area contributed by atoms with Gasteiger partial charge in [-0.05, 0) is 30.7 Å². The van der Waals surface area contributed by atoms with Gasteiger partial charge in [-0.15, -0.1) is 10.2 Å². The first-order chi connectivity index (χ1) is 12.3. The van der Waals surface area contributed by atoms with E-state index in [0.29, 0.717) is 6.04 Å². The van der Waals surface area contributed by atoms with Gasteiger partial charge in [-0.25, -0.2) is 0 Å². The molecular weight excluding hydrogens is 344 g/mol. The molecule has 0 aliphatic heterocycles. The van der Waals surface area contributed by atoms with Crippen LogP contribution in [0.1, 0.15) is 65.0 Å². The lowest BCUT2D eigenvalue weighted by Gasteiger charge is -2.20. The van der Waals surface area contributed by atoms with Crippen LogP contribution in [0.2, 0.25) is 0 Å². The molecule has 5 nitrogen and oxygen atoms in total. The quantitative estimate of drug-likeness (QED) is 0.793. The number of amides is 1. The van der Waals surface area contributed by atoms with Crippen molar-refractivity contribution in [2.24, 2.45) is 5.73 Å². The second kappa shape index (κ2) is 7.43. The Bertz CT molecular complexity index is 770. The number of nitrogens with zero attached hydrogens (tertiary/aromatic N) is 3. The highest BCUT2D eigenvalue weighted by Crippen LogP contribution is 2.37. The molecule has 1 saturated carbocycles. The first-order valence-corrected chi connectivity index (χ1v) is 10.2. The minimum atomic E-state index is -0.327. The predicted octanol–water partition coefficient (Wildman–Crippen LogP) is 4.32. The van der Waals surface area contributed by atoms with Gasteiger partial charge < -0.3 is 5.73 Å².